The van der Waals surface area contributed by atoms with Crippen molar-refractivity contribution in [2.24, 2.45) is 5.92 Å². The smallest absolute Gasteiger partial charge is 0.159 e. The van der Waals surface area contributed by atoms with Crippen LogP contribution >= 0.6 is 0 Å². The lowest BCUT2D eigenvalue weighted by atomic mass is 9.94. The maximum Gasteiger partial charge on any atom is 0.159 e. The van der Waals surface area contributed by atoms with Crippen LogP contribution in [0.4, 0.5) is 8.78 Å². The van der Waals surface area contributed by atoms with Crippen molar-refractivity contribution in [1.29, 1.82) is 0 Å². The lowest BCUT2D eigenvalue weighted by Crippen LogP contribution is -2.35. The zero-order valence-corrected chi connectivity index (χ0v) is 11.6. The predicted molar refractivity (Wildman–Crippen MR) is 71.4 cm³/mol. The van der Waals surface area contributed by atoms with Gasteiger partial charge in [0.1, 0.15) is 0 Å². The Kier molecular flexibility index (Phi) is 5.73. The summed E-state index contributed by atoms with van der Waals surface area (Å²) in [5.41, 5.74) is 0.784. The third-order valence-corrected chi connectivity index (χ3v) is 3.71. The Morgan fingerprint density at radius 3 is 2.17 bits per heavy atom. The summed E-state index contributed by atoms with van der Waals surface area (Å²) in [6, 6.07) is 4.48. The van der Waals surface area contributed by atoms with Crippen LogP contribution in [0.25, 0.3) is 0 Å². The molecule has 0 heterocycles. The molecule has 0 aliphatic rings. The van der Waals surface area contributed by atoms with Gasteiger partial charge >= 0.3 is 0 Å². The number of hydrogen-bond donors (Lipinski definition) is 1. The fraction of sp³-hybridized carbons (Fsp3) is 0.600. The van der Waals surface area contributed by atoms with Crippen LogP contribution in [0.1, 0.15) is 52.1 Å². The highest BCUT2D eigenvalue weighted by Crippen LogP contribution is 2.20. The van der Waals surface area contributed by atoms with Gasteiger partial charge in [-0.25, -0.2) is 8.78 Å². The Bertz CT molecular complexity index is 375. The molecule has 18 heavy (non-hydrogen) atoms. The molecule has 0 aliphatic carbocycles. The number of halogens is 2. The summed E-state index contributed by atoms with van der Waals surface area (Å²) >= 11 is 0. The first-order chi connectivity index (χ1) is 8.49. The second-order valence-electron chi connectivity index (χ2n) is 4.93. The summed E-state index contributed by atoms with van der Waals surface area (Å²) in [5, 5.41) is 3.46. The minimum atomic E-state index is -0.793. The van der Waals surface area contributed by atoms with E-state index in [9.17, 15) is 8.78 Å². The molecule has 0 saturated heterocycles. The molecule has 0 fully saturated rings. The molecule has 0 radical (unpaired) electrons. The summed E-state index contributed by atoms with van der Waals surface area (Å²) in [7, 11) is 0. The second-order valence-corrected chi connectivity index (χ2v) is 4.93. The standard InChI is InChI=1S/C15H23F2N/c1-5-12(6-2)10(3)18-11(4)13-7-8-14(16)15(17)9-13/h7-12,18H,5-6H2,1-4H3. The summed E-state index contributed by atoms with van der Waals surface area (Å²) in [5.74, 6) is -0.965. The molecule has 102 valence electrons. The average Bonchev–Trinajstić information content (AvgIpc) is 2.34. The van der Waals surface area contributed by atoms with Gasteiger partial charge in [-0.15, -0.1) is 0 Å². The quantitative estimate of drug-likeness (QED) is 0.792. The molecule has 1 aromatic rings. The summed E-state index contributed by atoms with van der Waals surface area (Å²) in [6.07, 6.45) is 2.24. The highest BCUT2D eigenvalue weighted by molar-refractivity contribution is 5.20. The van der Waals surface area contributed by atoms with Crippen LogP contribution in [0.5, 0.6) is 0 Å². The molecule has 0 saturated carbocycles. The fourth-order valence-corrected chi connectivity index (χ4v) is 2.40. The number of rotatable bonds is 6. The van der Waals surface area contributed by atoms with Crippen molar-refractivity contribution in [3.63, 3.8) is 0 Å². The molecule has 2 atom stereocenters. The van der Waals surface area contributed by atoms with E-state index in [1.54, 1.807) is 6.07 Å². The molecular formula is C15H23F2N. The first kappa shape index (κ1) is 15.1. The Balaban J connectivity index is 2.69. The third kappa shape index (κ3) is 3.77. The lowest BCUT2D eigenvalue weighted by Gasteiger charge is -2.26. The van der Waals surface area contributed by atoms with Gasteiger partial charge in [0.25, 0.3) is 0 Å². The van der Waals surface area contributed by atoms with E-state index in [-0.39, 0.29) is 6.04 Å². The second kappa shape index (κ2) is 6.83. The molecule has 0 aromatic heterocycles. The van der Waals surface area contributed by atoms with Gasteiger partial charge in [-0.05, 0) is 37.5 Å². The van der Waals surface area contributed by atoms with Gasteiger partial charge < -0.3 is 5.32 Å². The van der Waals surface area contributed by atoms with Crippen molar-refractivity contribution in [2.45, 2.75) is 52.6 Å². The monoisotopic (exact) mass is 255 g/mol. The Morgan fingerprint density at radius 1 is 1.06 bits per heavy atom. The van der Waals surface area contributed by atoms with E-state index in [2.05, 4.69) is 26.1 Å². The molecule has 0 amide bonds. The van der Waals surface area contributed by atoms with Crippen molar-refractivity contribution in [3.8, 4) is 0 Å². The predicted octanol–water partition coefficient (Wildman–Crippen LogP) is 4.44. The van der Waals surface area contributed by atoms with Crippen LogP contribution in [0.15, 0.2) is 18.2 Å². The minimum Gasteiger partial charge on any atom is -0.307 e. The topological polar surface area (TPSA) is 12.0 Å². The Morgan fingerprint density at radius 2 is 1.67 bits per heavy atom. The van der Waals surface area contributed by atoms with Crippen LogP contribution in [0, 0.1) is 17.6 Å². The van der Waals surface area contributed by atoms with Crippen LogP contribution in [0.2, 0.25) is 0 Å². The number of hydrogen-bond acceptors (Lipinski definition) is 1. The SMILES string of the molecule is CCC(CC)C(C)NC(C)c1ccc(F)c(F)c1. The molecule has 1 aromatic carbocycles. The maximum atomic E-state index is 13.2. The van der Waals surface area contributed by atoms with E-state index in [0.29, 0.717) is 12.0 Å². The van der Waals surface area contributed by atoms with E-state index in [1.165, 1.54) is 12.1 Å². The van der Waals surface area contributed by atoms with E-state index in [4.69, 9.17) is 0 Å². The molecule has 3 heteroatoms. The van der Waals surface area contributed by atoms with Crippen LogP contribution < -0.4 is 5.32 Å². The van der Waals surface area contributed by atoms with Crippen molar-refractivity contribution < 1.29 is 8.78 Å². The first-order valence-electron chi connectivity index (χ1n) is 6.70. The van der Waals surface area contributed by atoms with Gasteiger partial charge in [-0.2, -0.15) is 0 Å². The number of benzene rings is 1. The fourth-order valence-electron chi connectivity index (χ4n) is 2.40. The van der Waals surface area contributed by atoms with E-state index in [0.717, 1.165) is 18.4 Å². The van der Waals surface area contributed by atoms with Gasteiger partial charge in [-0.1, -0.05) is 32.8 Å². The molecular weight excluding hydrogens is 232 g/mol. The van der Waals surface area contributed by atoms with Gasteiger partial charge in [0.15, 0.2) is 11.6 Å². The molecule has 2 unspecified atom stereocenters. The van der Waals surface area contributed by atoms with Crippen molar-refractivity contribution in [2.75, 3.05) is 0 Å². The van der Waals surface area contributed by atoms with Crippen molar-refractivity contribution in [3.05, 3.63) is 35.4 Å². The number of nitrogens with one attached hydrogen (secondary N) is 1. The lowest BCUT2D eigenvalue weighted by molar-refractivity contribution is 0.329. The Hall–Kier alpha value is -0.960. The highest BCUT2D eigenvalue weighted by atomic mass is 19.2. The minimum absolute atomic E-state index is 0.0238. The van der Waals surface area contributed by atoms with Crippen molar-refractivity contribution >= 4 is 0 Å². The van der Waals surface area contributed by atoms with Crippen molar-refractivity contribution in [1.82, 2.24) is 5.32 Å². The van der Waals surface area contributed by atoms with Gasteiger partial charge in [0.05, 0.1) is 0 Å². The third-order valence-electron chi connectivity index (χ3n) is 3.71. The Labute approximate surface area is 109 Å². The van der Waals surface area contributed by atoms with Gasteiger partial charge in [0.2, 0.25) is 0 Å². The van der Waals surface area contributed by atoms with Gasteiger partial charge in [0, 0.05) is 12.1 Å². The van der Waals surface area contributed by atoms with Crippen LogP contribution in [0.3, 0.4) is 0 Å². The highest BCUT2D eigenvalue weighted by Gasteiger charge is 2.17. The van der Waals surface area contributed by atoms with Gasteiger partial charge in [-0.3, -0.25) is 0 Å². The van der Waals surface area contributed by atoms with E-state index in [1.807, 2.05) is 6.92 Å². The maximum absolute atomic E-state index is 13.2. The molecule has 1 N–H and O–H groups in total. The van der Waals surface area contributed by atoms with Crippen LogP contribution in [-0.4, -0.2) is 6.04 Å². The summed E-state index contributed by atoms with van der Waals surface area (Å²) in [6.45, 7) is 8.47. The zero-order chi connectivity index (χ0) is 13.7. The van der Waals surface area contributed by atoms with E-state index >= 15 is 0 Å². The average molecular weight is 255 g/mol. The first-order valence-corrected chi connectivity index (χ1v) is 6.70. The molecule has 0 spiro atoms. The van der Waals surface area contributed by atoms with Crippen LogP contribution in [-0.2, 0) is 0 Å². The molecule has 1 nitrogen and oxygen atoms in total. The summed E-state index contributed by atoms with van der Waals surface area (Å²) in [4.78, 5) is 0. The molecule has 1 rings (SSSR count). The largest absolute Gasteiger partial charge is 0.307 e. The van der Waals surface area contributed by atoms with E-state index < -0.39 is 11.6 Å². The molecule has 0 aliphatic heterocycles. The zero-order valence-electron chi connectivity index (χ0n) is 11.6. The normalized spacial score (nSPS) is 14.8. The summed E-state index contributed by atoms with van der Waals surface area (Å²) < 4.78 is 26.0. The molecule has 0 bridgehead atoms.